The quantitative estimate of drug-likeness (QED) is 0.758. The number of piperidine rings is 1. The lowest BCUT2D eigenvalue weighted by atomic mass is 10.1. The Balaban J connectivity index is 1.70. The van der Waals surface area contributed by atoms with Crippen LogP contribution in [-0.4, -0.2) is 28.4 Å². The van der Waals surface area contributed by atoms with Gasteiger partial charge in [-0.1, -0.05) is 16.8 Å². The molecule has 2 aromatic heterocycles. The van der Waals surface area contributed by atoms with E-state index < -0.39 is 0 Å². The van der Waals surface area contributed by atoms with Crippen LogP contribution in [0, 0.1) is 19.8 Å². The smallest absolute Gasteiger partial charge is 0.192 e. The zero-order chi connectivity index (χ0) is 17.3. The highest BCUT2D eigenvalue weighted by atomic mass is 35.5. The first-order valence-electron chi connectivity index (χ1n) is 8.81. The van der Waals surface area contributed by atoms with Gasteiger partial charge in [-0.05, 0) is 56.9 Å². The van der Waals surface area contributed by atoms with Crippen molar-refractivity contribution in [3.8, 4) is 5.82 Å². The number of nitrogens with zero attached hydrogens (tertiary/aromatic N) is 3. The Kier molecular flexibility index (Phi) is 3.21. The third-order valence-corrected chi connectivity index (χ3v) is 6.16. The fourth-order valence-corrected chi connectivity index (χ4v) is 4.89. The number of rotatable bonds is 2. The van der Waals surface area contributed by atoms with Gasteiger partial charge in [-0.25, -0.2) is 0 Å². The van der Waals surface area contributed by atoms with Crippen LogP contribution in [0.5, 0.6) is 0 Å². The molecule has 1 aliphatic carbocycles. The first-order chi connectivity index (χ1) is 12.0. The summed E-state index contributed by atoms with van der Waals surface area (Å²) in [5, 5.41) is 6.03. The minimum Gasteiger partial charge on any atom is -0.363 e. The van der Waals surface area contributed by atoms with Crippen molar-refractivity contribution in [2.24, 2.45) is 11.7 Å². The Morgan fingerprint density at radius 3 is 2.60 bits per heavy atom. The van der Waals surface area contributed by atoms with Crippen molar-refractivity contribution < 1.29 is 4.52 Å². The van der Waals surface area contributed by atoms with Crippen LogP contribution >= 0.6 is 11.6 Å². The van der Waals surface area contributed by atoms with Crippen LogP contribution < -0.4 is 10.6 Å². The number of aryl methyl sites for hydroxylation is 2. The molecule has 2 N–H and O–H groups in total. The number of nitrogens with two attached hydrogens (primary N) is 1. The van der Waals surface area contributed by atoms with Gasteiger partial charge in [0.1, 0.15) is 0 Å². The van der Waals surface area contributed by atoms with Crippen molar-refractivity contribution in [2.75, 3.05) is 11.4 Å². The molecule has 2 aliphatic rings. The van der Waals surface area contributed by atoms with E-state index in [0.717, 1.165) is 46.8 Å². The molecule has 0 spiro atoms. The molecular weight excluding hydrogens is 336 g/mol. The van der Waals surface area contributed by atoms with Gasteiger partial charge in [0, 0.05) is 35.0 Å². The van der Waals surface area contributed by atoms with E-state index in [-0.39, 0.29) is 6.04 Å². The third-order valence-electron chi connectivity index (χ3n) is 5.94. The van der Waals surface area contributed by atoms with E-state index in [2.05, 4.69) is 40.6 Å². The molecule has 0 radical (unpaired) electrons. The minimum absolute atomic E-state index is 0.241. The van der Waals surface area contributed by atoms with Crippen LogP contribution in [0.2, 0.25) is 5.02 Å². The second-order valence-electron chi connectivity index (χ2n) is 7.39. The van der Waals surface area contributed by atoms with Crippen molar-refractivity contribution in [1.29, 1.82) is 0 Å². The van der Waals surface area contributed by atoms with Gasteiger partial charge in [0.05, 0.1) is 11.1 Å². The molecule has 2 bridgehead atoms. The number of benzene rings is 1. The fourth-order valence-electron chi connectivity index (χ4n) is 4.68. The minimum atomic E-state index is 0.241. The molecule has 3 aromatic rings. The molecule has 2 fully saturated rings. The highest BCUT2D eigenvalue weighted by Crippen LogP contribution is 2.43. The fraction of sp³-hybridized carbons (Fsp3) is 0.421. The van der Waals surface area contributed by atoms with Crippen molar-refractivity contribution in [3.05, 3.63) is 40.7 Å². The average Bonchev–Trinajstić information content (AvgIpc) is 3.32. The molecule has 3 heterocycles. The Hall–Kier alpha value is -1.98. The van der Waals surface area contributed by atoms with E-state index >= 15 is 0 Å². The first kappa shape index (κ1) is 15.3. The van der Waals surface area contributed by atoms with Gasteiger partial charge in [0.25, 0.3) is 0 Å². The van der Waals surface area contributed by atoms with Crippen LogP contribution in [-0.2, 0) is 0 Å². The van der Waals surface area contributed by atoms with E-state index in [1.807, 2.05) is 12.1 Å². The molecule has 1 saturated heterocycles. The lowest BCUT2D eigenvalue weighted by Crippen LogP contribution is -2.37. The summed E-state index contributed by atoms with van der Waals surface area (Å²) >= 11 is 6.47. The number of aromatic nitrogens is 2. The Morgan fingerprint density at radius 1 is 1.20 bits per heavy atom. The standard InChI is InChI=1S/C19H21ClN4O/c1-10-3-4-11(2)24(10)19-14-7-13(20)8-16(18(14)25-22-19)23-9-12-5-6-15(23)17(12)21/h3-4,7-8,12,15,17H,5-6,9,21H2,1-2H3/t12-,15-,17+/m0/s1. The highest BCUT2D eigenvalue weighted by molar-refractivity contribution is 6.32. The Morgan fingerprint density at radius 2 is 1.96 bits per heavy atom. The summed E-state index contributed by atoms with van der Waals surface area (Å²) in [4.78, 5) is 2.37. The van der Waals surface area contributed by atoms with Gasteiger partial charge in [-0.15, -0.1) is 0 Å². The van der Waals surface area contributed by atoms with Crippen molar-refractivity contribution in [3.63, 3.8) is 0 Å². The SMILES string of the molecule is Cc1ccc(C)n1-c1noc2c(N3C[C@@H]4CC[C@H]3[C@@H]4N)cc(Cl)cc12. The van der Waals surface area contributed by atoms with Crippen LogP contribution in [0.15, 0.2) is 28.8 Å². The van der Waals surface area contributed by atoms with Gasteiger partial charge in [-0.3, -0.25) is 4.57 Å². The van der Waals surface area contributed by atoms with Crippen molar-refractivity contribution >= 4 is 28.3 Å². The van der Waals surface area contributed by atoms with Crippen molar-refractivity contribution in [1.82, 2.24) is 9.72 Å². The molecule has 1 saturated carbocycles. The second-order valence-corrected chi connectivity index (χ2v) is 7.83. The molecule has 1 aromatic carbocycles. The number of hydrogen-bond donors (Lipinski definition) is 1. The number of fused-ring (bicyclic) bond motifs is 3. The van der Waals surface area contributed by atoms with Crippen LogP contribution in [0.25, 0.3) is 16.8 Å². The maximum Gasteiger partial charge on any atom is 0.192 e. The number of anilines is 1. The van der Waals surface area contributed by atoms with Crippen molar-refractivity contribution in [2.45, 2.75) is 38.8 Å². The number of halogens is 1. The predicted molar refractivity (Wildman–Crippen MR) is 99.7 cm³/mol. The second kappa shape index (κ2) is 5.26. The highest BCUT2D eigenvalue weighted by Gasteiger charge is 2.45. The summed E-state index contributed by atoms with van der Waals surface area (Å²) in [6.45, 7) is 5.10. The lowest BCUT2D eigenvalue weighted by molar-refractivity contribution is 0.449. The number of hydrogen-bond acceptors (Lipinski definition) is 4. The maximum atomic E-state index is 6.47. The molecule has 5 rings (SSSR count). The molecule has 1 aliphatic heterocycles. The normalized spacial score (nSPS) is 25.4. The molecular formula is C19H21ClN4O. The van der Waals surface area contributed by atoms with Gasteiger partial charge in [0.2, 0.25) is 0 Å². The predicted octanol–water partition coefficient (Wildman–Crippen LogP) is 3.81. The van der Waals surface area contributed by atoms with E-state index in [1.165, 1.54) is 6.42 Å². The zero-order valence-electron chi connectivity index (χ0n) is 14.4. The van der Waals surface area contributed by atoms with Gasteiger partial charge >= 0.3 is 0 Å². The van der Waals surface area contributed by atoms with E-state index in [0.29, 0.717) is 17.0 Å². The van der Waals surface area contributed by atoms with Crippen LogP contribution in [0.4, 0.5) is 5.69 Å². The Bertz CT molecular complexity index is 956. The summed E-state index contributed by atoms with van der Waals surface area (Å²) in [7, 11) is 0. The summed E-state index contributed by atoms with van der Waals surface area (Å²) in [5.41, 5.74) is 10.5. The topological polar surface area (TPSA) is 60.2 Å². The summed E-state index contributed by atoms with van der Waals surface area (Å²) < 4.78 is 7.92. The molecule has 130 valence electrons. The van der Waals surface area contributed by atoms with Crippen LogP contribution in [0.1, 0.15) is 24.2 Å². The molecule has 5 nitrogen and oxygen atoms in total. The maximum absolute atomic E-state index is 6.47. The average molecular weight is 357 g/mol. The van der Waals surface area contributed by atoms with E-state index in [9.17, 15) is 0 Å². The van der Waals surface area contributed by atoms with Gasteiger partial charge < -0.3 is 15.2 Å². The van der Waals surface area contributed by atoms with E-state index in [1.54, 1.807) is 0 Å². The third kappa shape index (κ3) is 2.09. The molecule has 0 unspecified atom stereocenters. The summed E-state index contributed by atoms with van der Waals surface area (Å²) in [6.07, 6.45) is 2.35. The molecule has 25 heavy (non-hydrogen) atoms. The van der Waals surface area contributed by atoms with E-state index in [4.69, 9.17) is 21.9 Å². The van der Waals surface area contributed by atoms with Gasteiger partial charge in [0.15, 0.2) is 11.4 Å². The summed E-state index contributed by atoms with van der Waals surface area (Å²) in [5.74, 6) is 1.36. The largest absolute Gasteiger partial charge is 0.363 e. The monoisotopic (exact) mass is 356 g/mol. The lowest BCUT2D eigenvalue weighted by Gasteiger charge is -2.29. The molecule has 3 atom stereocenters. The Labute approximate surface area is 151 Å². The summed E-state index contributed by atoms with van der Waals surface area (Å²) in [6, 6.07) is 8.71. The molecule has 0 amide bonds. The molecule has 6 heteroatoms. The zero-order valence-corrected chi connectivity index (χ0v) is 15.1. The first-order valence-corrected chi connectivity index (χ1v) is 9.19. The van der Waals surface area contributed by atoms with Gasteiger partial charge in [-0.2, -0.15) is 0 Å². The van der Waals surface area contributed by atoms with Crippen LogP contribution in [0.3, 0.4) is 0 Å².